The van der Waals surface area contributed by atoms with E-state index in [0.29, 0.717) is 24.9 Å². The van der Waals surface area contributed by atoms with E-state index in [1.54, 1.807) is 7.05 Å². The molecule has 0 bridgehead atoms. The van der Waals surface area contributed by atoms with Crippen LogP contribution in [0.15, 0.2) is 6.20 Å². The zero-order chi connectivity index (χ0) is 22.5. The van der Waals surface area contributed by atoms with Crippen LogP contribution in [0.25, 0.3) is 5.73 Å². The number of rotatable bonds is 8. The second kappa shape index (κ2) is 9.96. The fourth-order valence-corrected chi connectivity index (χ4v) is 2.67. The molecule has 1 saturated heterocycles. The highest BCUT2D eigenvalue weighted by Crippen LogP contribution is 2.36. The van der Waals surface area contributed by atoms with Crippen LogP contribution >= 0.6 is 0 Å². The number of ether oxygens (including phenoxy) is 1. The van der Waals surface area contributed by atoms with Gasteiger partial charge in [0.15, 0.2) is 5.82 Å². The van der Waals surface area contributed by atoms with Gasteiger partial charge < -0.3 is 30.6 Å². The van der Waals surface area contributed by atoms with Crippen LogP contribution in [0.5, 0.6) is 5.88 Å². The number of anilines is 1. The number of carbonyl (C=O) groups excluding carboxylic acids is 2. The lowest BCUT2D eigenvalue weighted by atomic mass is 10.0. The zero-order valence-electron chi connectivity index (χ0n) is 17.3. The van der Waals surface area contributed by atoms with Gasteiger partial charge in [-0.15, -0.1) is 0 Å². The number of aromatic carboxylic acids is 1. The van der Waals surface area contributed by atoms with Gasteiger partial charge in [-0.25, -0.2) is 18.7 Å². The molecule has 0 aromatic carbocycles. The Bertz CT molecular complexity index is 750. The monoisotopic (exact) mass is 427 g/mol. The van der Waals surface area contributed by atoms with Gasteiger partial charge >= 0.3 is 0 Å². The van der Waals surface area contributed by atoms with Gasteiger partial charge in [0.1, 0.15) is 5.69 Å². The average Bonchev–Trinajstić information content (AvgIpc) is 3.47. The number of carboxylic acid groups (broad SMARTS) is 1. The maximum Gasteiger partial charge on any atom is 0.282 e. The third-order valence-corrected chi connectivity index (χ3v) is 4.50. The number of amides is 1. The van der Waals surface area contributed by atoms with Crippen LogP contribution in [0.2, 0.25) is 0 Å². The molecule has 2 aliphatic rings. The Hall–Kier alpha value is -2.56. The van der Waals surface area contributed by atoms with Crippen molar-refractivity contribution in [2.24, 2.45) is 11.8 Å². The molecule has 1 amide bonds. The van der Waals surface area contributed by atoms with Crippen LogP contribution in [0.4, 0.5) is 14.6 Å². The van der Waals surface area contributed by atoms with Crippen LogP contribution in [0.1, 0.15) is 43.6 Å². The van der Waals surface area contributed by atoms with Crippen LogP contribution in [0.3, 0.4) is 0 Å². The fourth-order valence-electron chi connectivity index (χ4n) is 2.67. The van der Waals surface area contributed by atoms with Crippen LogP contribution < -0.4 is 20.1 Å². The number of hydrogen-bond donors (Lipinski definition) is 1. The Balaban J connectivity index is 0.000000274. The summed E-state index contributed by atoms with van der Waals surface area (Å²) in [5.74, 6) is -3.44. The number of carbonyl (C=O) groups is 2. The number of alkyl halides is 2. The number of aromatic nitrogens is 2. The van der Waals surface area contributed by atoms with Gasteiger partial charge in [0.25, 0.3) is 11.8 Å². The van der Waals surface area contributed by atoms with Crippen molar-refractivity contribution in [2.75, 3.05) is 31.6 Å². The van der Waals surface area contributed by atoms with Gasteiger partial charge in [-0.1, -0.05) is 26.3 Å². The first kappa shape index (κ1) is 23.7. The number of likely N-dealkylation sites (N-methyl/N-ethyl adjacent to an activating group) is 1. The number of halogens is 2. The van der Waals surface area contributed by atoms with Crippen molar-refractivity contribution < 1.29 is 28.2 Å². The summed E-state index contributed by atoms with van der Waals surface area (Å²) in [5.41, 5.74) is 6.93. The molecule has 0 radical (unpaired) electrons. The van der Waals surface area contributed by atoms with Crippen molar-refractivity contribution in [1.82, 2.24) is 15.3 Å². The van der Waals surface area contributed by atoms with Gasteiger partial charge in [0.2, 0.25) is 5.91 Å². The van der Waals surface area contributed by atoms with Gasteiger partial charge in [0.05, 0.1) is 31.9 Å². The molecule has 30 heavy (non-hydrogen) atoms. The molecule has 168 valence electrons. The summed E-state index contributed by atoms with van der Waals surface area (Å²) in [6.07, 6.45) is 3.72. The summed E-state index contributed by atoms with van der Waals surface area (Å²) in [6, 6.07) is -0.593. The Labute approximate surface area is 174 Å². The summed E-state index contributed by atoms with van der Waals surface area (Å²) in [5, 5.41) is 13.2. The first-order chi connectivity index (χ1) is 14.0. The molecule has 1 atom stereocenters. The fraction of sp³-hybridized carbons (Fsp3) is 0.684. The van der Waals surface area contributed by atoms with Gasteiger partial charge in [0, 0.05) is 7.05 Å². The van der Waals surface area contributed by atoms with E-state index < -0.39 is 31.0 Å². The molecular formula is C19H27F2N5O4-2. The Kier molecular flexibility index (Phi) is 7.88. The summed E-state index contributed by atoms with van der Waals surface area (Å²) in [4.78, 5) is 30.5. The summed E-state index contributed by atoms with van der Waals surface area (Å²) in [6.45, 7) is 3.47. The molecule has 1 aromatic heterocycles. The smallest absolute Gasteiger partial charge is 0.282 e. The van der Waals surface area contributed by atoms with Gasteiger partial charge in [-0.05, 0) is 24.7 Å². The Morgan fingerprint density at radius 3 is 2.50 bits per heavy atom. The molecule has 0 spiro atoms. The minimum atomic E-state index is -2.75. The van der Waals surface area contributed by atoms with E-state index in [1.807, 2.05) is 13.8 Å². The standard InChI is InChI=1S/C12H13F2N3O3.C7H15N2O/c13-12(14)5-17(6-12)9-10(20-4-7-1-2-7)16-8(3-15-9)11(18)19;1-5(2)4-6(8)7(10)9-3/h3,7H,1-2,4-6H2,(H,18,19);5-6,8H,4H2,1-3H3,(H,9,10)/q;-1/p-1/t;6-/m.0/s1. The molecule has 11 heteroatoms. The quantitative estimate of drug-likeness (QED) is 0.661. The third-order valence-electron chi connectivity index (χ3n) is 4.50. The highest BCUT2D eigenvalue weighted by atomic mass is 19.3. The lowest BCUT2D eigenvalue weighted by Crippen LogP contribution is -2.56. The topological polar surface area (TPSA) is 131 Å². The molecule has 2 N–H and O–H groups in total. The van der Waals surface area contributed by atoms with Crippen LogP contribution in [0, 0.1) is 11.8 Å². The number of carboxylic acids is 1. The number of nitrogens with one attached hydrogen (secondary N) is 2. The van der Waals surface area contributed by atoms with Crippen molar-refractivity contribution in [2.45, 2.75) is 45.1 Å². The van der Waals surface area contributed by atoms with Crippen LogP contribution in [-0.4, -0.2) is 60.6 Å². The summed E-state index contributed by atoms with van der Waals surface area (Å²) in [7, 11) is 1.56. The van der Waals surface area contributed by atoms with E-state index in [9.17, 15) is 23.5 Å². The molecule has 1 saturated carbocycles. The average molecular weight is 427 g/mol. The number of nitrogens with zero attached hydrogens (tertiary/aromatic N) is 3. The van der Waals surface area contributed by atoms with Crippen molar-refractivity contribution in [3.63, 3.8) is 0 Å². The predicted molar refractivity (Wildman–Crippen MR) is 103 cm³/mol. The molecule has 2 fully saturated rings. The first-order valence-electron chi connectivity index (χ1n) is 9.79. The molecule has 3 rings (SSSR count). The lowest BCUT2D eigenvalue weighted by Gasteiger charge is -2.39. The minimum absolute atomic E-state index is 0.0194. The van der Waals surface area contributed by atoms with Crippen LogP contribution in [-0.2, 0) is 4.79 Å². The molecule has 2 heterocycles. The highest BCUT2D eigenvalue weighted by Gasteiger charge is 2.45. The molecule has 1 aromatic rings. The lowest BCUT2D eigenvalue weighted by molar-refractivity contribution is -0.255. The summed E-state index contributed by atoms with van der Waals surface area (Å²) >= 11 is 0. The van der Waals surface area contributed by atoms with Crippen molar-refractivity contribution >= 4 is 17.7 Å². The first-order valence-corrected chi connectivity index (χ1v) is 9.79. The van der Waals surface area contributed by atoms with Gasteiger partial charge in [-0.2, -0.15) is 0 Å². The Morgan fingerprint density at radius 2 is 2.03 bits per heavy atom. The van der Waals surface area contributed by atoms with Crippen molar-refractivity contribution in [1.29, 1.82) is 0 Å². The van der Waals surface area contributed by atoms with E-state index in [0.717, 1.165) is 19.0 Å². The molecule has 9 nitrogen and oxygen atoms in total. The molecule has 1 aliphatic carbocycles. The largest absolute Gasteiger partial charge is 0.667 e. The van der Waals surface area contributed by atoms with E-state index in [4.69, 9.17) is 10.5 Å². The molecule has 0 unspecified atom stereocenters. The third kappa shape index (κ3) is 7.05. The summed E-state index contributed by atoms with van der Waals surface area (Å²) < 4.78 is 31.2. The van der Waals surface area contributed by atoms with E-state index in [2.05, 4.69) is 15.3 Å². The highest BCUT2D eigenvalue weighted by molar-refractivity contribution is 5.83. The van der Waals surface area contributed by atoms with Crippen molar-refractivity contribution in [3.8, 4) is 5.88 Å². The Morgan fingerprint density at radius 1 is 1.40 bits per heavy atom. The minimum Gasteiger partial charge on any atom is -0.667 e. The second-order valence-electron chi connectivity index (χ2n) is 7.93. The van der Waals surface area contributed by atoms with E-state index in [-0.39, 0.29) is 23.3 Å². The zero-order valence-corrected chi connectivity index (χ0v) is 17.3. The van der Waals surface area contributed by atoms with Gasteiger partial charge in [-0.3, -0.25) is 4.79 Å². The van der Waals surface area contributed by atoms with E-state index in [1.165, 1.54) is 4.90 Å². The SMILES string of the molecule is CNC(=O)[C@@H]([NH-])CC(C)C.O=C([O-])c1cnc(N2CC(F)(F)C2)c(OCC2CC2)n1. The normalized spacial score (nSPS) is 18.0. The maximum absolute atomic E-state index is 12.9. The second-order valence-corrected chi connectivity index (χ2v) is 7.93. The number of hydrogen-bond acceptors (Lipinski definition) is 7. The predicted octanol–water partition coefficient (Wildman–Crippen LogP) is 1.28. The molecular weight excluding hydrogens is 400 g/mol. The maximum atomic E-state index is 12.9. The van der Waals surface area contributed by atoms with Crippen molar-refractivity contribution in [3.05, 3.63) is 17.6 Å². The molecule has 1 aliphatic heterocycles. The van der Waals surface area contributed by atoms with E-state index >= 15 is 0 Å².